The molecule has 0 aliphatic carbocycles. The number of benzene rings is 1. The standard InChI is InChI=1S/C14H13N3O3S/c1-20-14-8-12(5-6-16-14)10-17-21(18,19)13-4-2-3-11(7-13)9-15/h2-8,17H,10H2,1H3. The highest BCUT2D eigenvalue weighted by Gasteiger charge is 2.14. The Morgan fingerprint density at radius 3 is 2.86 bits per heavy atom. The molecule has 6 nitrogen and oxygen atoms in total. The number of hydrogen-bond acceptors (Lipinski definition) is 5. The molecule has 7 heteroatoms. The molecule has 0 aliphatic rings. The highest BCUT2D eigenvalue weighted by Crippen LogP contribution is 2.13. The van der Waals surface area contributed by atoms with Gasteiger partial charge in [-0.05, 0) is 29.8 Å². The average Bonchev–Trinajstić information content (AvgIpc) is 2.53. The molecule has 0 spiro atoms. The van der Waals surface area contributed by atoms with Crippen molar-refractivity contribution in [1.29, 1.82) is 5.26 Å². The third kappa shape index (κ3) is 3.78. The molecule has 2 rings (SSSR count). The smallest absolute Gasteiger partial charge is 0.240 e. The Morgan fingerprint density at radius 2 is 2.14 bits per heavy atom. The number of methoxy groups -OCH3 is 1. The third-order valence-electron chi connectivity index (χ3n) is 2.75. The quantitative estimate of drug-likeness (QED) is 0.902. The van der Waals surface area contributed by atoms with Gasteiger partial charge in [0.1, 0.15) is 0 Å². The maximum atomic E-state index is 12.2. The number of sulfonamides is 1. The van der Waals surface area contributed by atoms with E-state index in [1.54, 1.807) is 24.4 Å². The minimum atomic E-state index is -3.67. The van der Waals surface area contributed by atoms with Crippen LogP contribution in [0.4, 0.5) is 0 Å². The molecule has 1 heterocycles. The maximum Gasteiger partial charge on any atom is 0.240 e. The van der Waals surface area contributed by atoms with E-state index in [1.165, 1.54) is 25.3 Å². The Bertz CT molecular complexity index is 782. The number of pyridine rings is 1. The lowest BCUT2D eigenvalue weighted by Gasteiger charge is -2.07. The van der Waals surface area contributed by atoms with Crippen LogP contribution in [0.2, 0.25) is 0 Å². The van der Waals surface area contributed by atoms with Gasteiger partial charge in [-0.25, -0.2) is 18.1 Å². The lowest BCUT2D eigenvalue weighted by Crippen LogP contribution is -2.23. The number of nitrogens with one attached hydrogen (secondary N) is 1. The van der Waals surface area contributed by atoms with Crippen molar-refractivity contribution < 1.29 is 13.2 Å². The second-order valence-corrected chi connectivity index (χ2v) is 5.94. The zero-order valence-electron chi connectivity index (χ0n) is 11.3. The molecule has 0 aliphatic heterocycles. The summed E-state index contributed by atoms with van der Waals surface area (Å²) < 4.78 is 31.8. The van der Waals surface area contributed by atoms with E-state index in [0.29, 0.717) is 11.4 Å². The van der Waals surface area contributed by atoms with Gasteiger partial charge < -0.3 is 4.74 Å². The first-order valence-electron chi connectivity index (χ1n) is 6.04. The van der Waals surface area contributed by atoms with Crippen LogP contribution >= 0.6 is 0 Å². The van der Waals surface area contributed by atoms with E-state index >= 15 is 0 Å². The fraction of sp³-hybridized carbons (Fsp3) is 0.143. The van der Waals surface area contributed by atoms with Crippen molar-refractivity contribution in [2.75, 3.05) is 7.11 Å². The first kappa shape index (κ1) is 15.0. The second kappa shape index (κ2) is 6.35. The lowest BCUT2D eigenvalue weighted by atomic mass is 10.2. The van der Waals surface area contributed by atoms with Crippen molar-refractivity contribution in [1.82, 2.24) is 9.71 Å². The van der Waals surface area contributed by atoms with Crippen molar-refractivity contribution in [3.63, 3.8) is 0 Å². The van der Waals surface area contributed by atoms with Crippen LogP contribution in [0.25, 0.3) is 0 Å². The van der Waals surface area contributed by atoms with Crippen LogP contribution in [0, 0.1) is 11.3 Å². The molecule has 21 heavy (non-hydrogen) atoms. The van der Waals surface area contributed by atoms with Crippen molar-refractivity contribution >= 4 is 10.0 Å². The second-order valence-electron chi connectivity index (χ2n) is 4.17. The SMILES string of the molecule is COc1cc(CNS(=O)(=O)c2cccc(C#N)c2)ccn1. The molecule has 1 aromatic heterocycles. The largest absolute Gasteiger partial charge is 0.481 e. The molecular weight excluding hydrogens is 290 g/mol. The van der Waals surface area contributed by atoms with E-state index in [1.807, 2.05) is 6.07 Å². The van der Waals surface area contributed by atoms with E-state index in [0.717, 1.165) is 5.56 Å². The monoisotopic (exact) mass is 303 g/mol. The summed E-state index contributed by atoms with van der Waals surface area (Å²) in [5, 5.41) is 8.81. The third-order valence-corrected chi connectivity index (χ3v) is 4.15. The average molecular weight is 303 g/mol. The van der Waals surface area contributed by atoms with Gasteiger partial charge in [0.05, 0.1) is 23.6 Å². The molecule has 2 aromatic rings. The predicted octanol–water partition coefficient (Wildman–Crippen LogP) is 1.44. The lowest BCUT2D eigenvalue weighted by molar-refractivity contribution is 0.397. The molecule has 0 bridgehead atoms. The summed E-state index contributed by atoms with van der Waals surface area (Å²) in [4.78, 5) is 4.01. The minimum Gasteiger partial charge on any atom is -0.481 e. The van der Waals surface area contributed by atoms with Gasteiger partial charge in [-0.2, -0.15) is 5.26 Å². The Labute approximate surface area is 123 Å². The van der Waals surface area contributed by atoms with Crippen molar-refractivity contribution in [3.05, 3.63) is 53.7 Å². The number of ether oxygens (including phenoxy) is 1. The molecule has 0 amide bonds. The summed E-state index contributed by atoms with van der Waals surface area (Å²) in [6.07, 6.45) is 1.54. The Morgan fingerprint density at radius 1 is 1.33 bits per heavy atom. The number of nitrogens with zero attached hydrogens (tertiary/aromatic N) is 2. The molecular formula is C14H13N3O3S. The van der Waals surface area contributed by atoms with Crippen LogP contribution in [0.5, 0.6) is 5.88 Å². The number of rotatable bonds is 5. The summed E-state index contributed by atoms with van der Waals surface area (Å²) in [5.74, 6) is 0.415. The van der Waals surface area contributed by atoms with Gasteiger partial charge in [-0.15, -0.1) is 0 Å². The Kier molecular flexibility index (Phi) is 4.52. The molecule has 0 radical (unpaired) electrons. The molecule has 108 valence electrons. The van der Waals surface area contributed by atoms with E-state index in [9.17, 15) is 8.42 Å². The van der Waals surface area contributed by atoms with Crippen molar-refractivity contribution in [2.45, 2.75) is 11.4 Å². The summed E-state index contributed by atoms with van der Waals surface area (Å²) in [6.45, 7) is 0.109. The molecule has 0 atom stereocenters. The van der Waals surface area contributed by atoms with E-state index in [2.05, 4.69) is 9.71 Å². The predicted molar refractivity (Wildman–Crippen MR) is 76.0 cm³/mol. The van der Waals surface area contributed by atoms with Crippen LogP contribution < -0.4 is 9.46 Å². The zero-order chi connectivity index (χ0) is 15.3. The first-order chi connectivity index (χ1) is 10.0. The molecule has 0 unspecified atom stereocenters. The number of nitriles is 1. The van der Waals surface area contributed by atoms with Gasteiger partial charge in [0.15, 0.2) is 0 Å². The van der Waals surface area contributed by atoms with Gasteiger partial charge in [-0.1, -0.05) is 6.07 Å². The van der Waals surface area contributed by atoms with Crippen molar-refractivity contribution in [3.8, 4) is 11.9 Å². The summed E-state index contributed by atoms with van der Waals surface area (Å²) in [5.41, 5.74) is 1.02. The fourth-order valence-corrected chi connectivity index (χ4v) is 2.73. The van der Waals surface area contributed by atoms with Gasteiger partial charge in [0, 0.05) is 18.8 Å². The van der Waals surface area contributed by atoms with Crippen LogP contribution in [-0.4, -0.2) is 20.5 Å². The van der Waals surface area contributed by atoms with Crippen LogP contribution in [0.3, 0.4) is 0 Å². The summed E-state index contributed by atoms with van der Waals surface area (Å²) >= 11 is 0. The molecule has 0 saturated carbocycles. The molecule has 1 aromatic carbocycles. The first-order valence-corrected chi connectivity index (χ1v) is 7.52. The Hall–Kier alpha value is -2.43. The topological polar surface area (TPSA) is 92.1 Å². The van der Waals surface area contributed by atoms with Gasteiger partial charge in [0.25, 0.3) is 0 Å². The fourth-order valence-electron chi connectivity index (χ4n) is 1.67. The van der Waals surface area contributed by atoms with E-state index in [-0.39, 0.29) is 11.4 Å². The Balaban J connectivity index is 2.16. The minimum absolute atomic E-state index is 0.0579. The van der Waals surface area contributed by atoms with Crippen LogP contribution in [0.1, 0.15) is 11.1 Å². The zero-order valence-corrected chi connectivity index (χ0v) is 12.1. The van der Waals surface area contributed by atoms with Gasteiger partial charge >= 0.3 is 0 Å². The number of hydrogen-bond donors (Lipinski definition) is 1. The molecule has 0 fully saturated rings. The molecule has 1 N–H and O–H groups in total. The summed E-state index contributed by atoms with van der Waals surface area (Å²) in [7, 11) is -2.18. The van der Waals surface area contributed by atoms with Gasteiger partial charge in [0.2, 0.25) is 15.9 Å². The van der Waals surface area contributed by atoms with Crippen molar-refractivity contribution in [2.24, 2.45) is 0 Å². The van der Waals surface area contributed by atoms with Crippen LogP contribution in [-0.2, 0) is 16.6 Å². The maximum absolute atomic E-state index is 12.2. The summed E-state index contributed by atoms with van der Waals surface area (Å²) in [6, 6.07) is 11.1. The number of aromatic nitrogens is 1. The van der Waals surface area contributed by atoms with E-state index in [4.69, 9.17) is 10.00 Å². The van der Waals surface area contributed by atoms with E-state index < -0.39 is 10.0 Å². The van der Waals surface area contributed by atoms with Crippen LogP contribution in [0.15, 0.2) is 47.5 Å². The highest BCUT2D eigenvalue weighted by atomic mass is 32.2. The van der Waals surface area contributed by atoms with Gasteiger partial charge in [-0.3, -0.25) is 0 Å². The molecule has 0 saturated heterocycles. The highest BCUT2D eigenvalue weighted by molar-refractivity contribution is 7.89. The normalized spacial score (nSPS) is 10.9.